The van der Waals surface area contributed by atoms with Gasteiger partial charge in [-0.1, -0.05) is 36.4 Å². The number of hydroxylamine groups is 2. The molecule has 6 nitrogen and oxygen atoms in total. The molecule has 0 aliphatic heterocycles. The standard InChI is InChI=1S/C18H21NO5/c1-23-17(21)9-5-8-16(20)19(22)12-14-11-10-13-6-3-4-7-15(13)18(14)24-2/h3-4,6-7,10-11,22H,5,8-9,12H2,1-2H3. The Morgan fingerprint density at radius 1 is 1.08 bits per heavy atom. The molecule has 24 heavy (non-hydrogen) atoms. The minimum Gasteiger partial charge on any atom is -0.496 e. The van der Waals surface area contributed by atoms with E-state index in [1.165, 1.54) is 7.11 Å². The van der Waals surface area contributed by atoms with Crippen LogP contribution in [0, 0.1) is 0 Å². The first kappa shape index (κ1) is 17.7. The monoisotopic (exact) mass is 331 g/mol. The lowest BCUT2D eigenvalue weighted by Crippen LogP contribution is -2.27. The molecule has 0 saturated carbocycles. The van der Waals surface area contributed by atoms with Gasteiger partial charge in [0.25, 0.3) is 0 Å². The molecule has 128 valence electrons. The van der Waals surface area contributed by atoms with Crippen LogP contribution in [-0.4, -0.2) is 36.4 Å². The topological polar surface area (TPSA) is 76.1 Å². The van der Waals surface area contributed by atoms with Gasteiger partial charge in [-0.2, -0.15) is 0 Å². The number of carbonyl (C=O) groups is 2. The number of rotatable bonds is 7. The number of fused-ring (bicyclic) bond motifs is 1. The van der Waals surface area contributed by atoms with Crippen molar-refractivity contribution in [3.05, 3.63) is 42.0 Å². The predicted molar refractivity (Wildman–Crippen MR) is 88.7 cm³/mol. The highest BCUT2D eigenvalue weighted by Crippen LogP contribution is 2.30. The highest BCUT2D eigenvalue weighted by molar-refractivity contribution is 5.89. The van der Waals surface area contributed by atoms with Gasteiger partial charge in [-0.3, -0.25) is 14.8 Å². The van der Waals surface area contributed by atoms with E-state index >= 15 is 0 Å². The van der Waals surface area contributed by atoms with Crippen LogP contribution < -0.4 is 4.74 Å². The molecule has 1 N–H and O–H groups in total. The minimum atomic E-state index is -0.450. The quantitative estimate of drug-likeness (QED) is 0.479. The molecule has 2 aromatic carbocycles. The molecular formula is C18H21NO5. The van der Waals surface area contributed by atoms with E-state index in [2.05, 4.69) is 4.74 Å². The number of esters is 1. The first-order valence-electron chi connectivity index (χ1n) is 7.67. The van der Waals surface area contributed by atoms with Crippen molar-refractivity contribution >= 4 is 22.6 Å². The van der Waals surface area contributed by atoms with Gasteiger partial charge in [-0.25, -0.2) is 5.06 Å². The van der Waals surface area contributed by atoms with Crippen molar-refractivity contribution in [1.82, 2.24) is 5.06 Å². The highest BCUT2D eigenvalue weighted by Gasteiger charge is 2.16. The Morgan fingerprint density at radius 2 is 1.83 bits per heavy atom. The molecular weight excluding hydrogens is 310 g/mol. The highest BCUT2D eigenvalue weighted by atomic mass is 16.5. The average Bonchev–Trinajstić information content (AvgIpc) is 2.61. The summed E-state index contributed by atoms with van der Waals surface area (Å²) in [6.07, 6.45) is 0.550. The van der Waals surface area contributed by atoms with Gasteiger partial charge in [-0.05, 0) is 11.8 Å². The van der Waals surface area contributed by atoms with E-state index in [1.807, 2.05) is 36.4 Å². The molecule has 0 unspecified atom stereocenters. The van der Waals surface area contributed by atoms with Crippen molar-refractivity contribution in [1.29, 1.82) is 0 Å². The van der Waals surface area contributed by atoms with E-state index in [9.17, 15) is 14.8 Å². The van der Waals surface area contributed by atoms with Gasteiger partial charge in [0.05, 0.1) is 20.8 Å². The largest absolute Gasteiger partial charge is 0.496 e. The van der Waals surface area contributed by atoms with E-state index < -0.39 is 5.91 Å². The zero-order valence-electron chi connectivity index (χ0n) is 13.8. The van der Waals surface area contributed by atoms with Crippen LogP contribution >= 0.6 is 0 Å². The van der Waals surface area contributed by atoms with E-state index in [-0.39, 0.29) is 25.4 Å². The van der Waals surface area contributed by atoms with Crippen LogP contribution in [0.4, 0.5) is 0 Å². The van der Waals surface area contributed by atoms with Crippen LogP contribution in [0.2, 0.25) is 0 Å². The normalized spacial score (nSPS) is 10.5. The zero-order chi connectivity index (χ0) is 17.5. The van der Waals surface area contributed by atoms with Gasteiger partial charge in [-0.15, -0.1) is 0 Å². The minimum absolute atomic E-state index is 0.0189. The smallest absolute Gasteiger partial charge is 0.305 e. The summed E-state index contributed by atoms with van der Waals surface area (Å²) in [6, 6.07) is 11.5. The number of carbonyl (C=O) groups excluding carboxylic acids is 2. The molecule has 0 saturated heterocycles. The number of methoxy groups -OCH3 is 2. The average molecular weight is 331 g/mol. The summed E-state index contributed by atoms with van der Waals surface area (Å²) in [4.78, 5) is 23.0. The lowest BCUT2D eigenvalue weighted by atomic mass is 10.0. The van der Waals surface area contributed by atoms with Crippen LogP contribution in [0.15, 0.2) is 36.4 Å². The fourth-order valence-electron chi connectivity index (χ4n) is 2.52. The van der Waals surface area contributed by atoms with Gasteiger partial charge in [0.2, 0.25) is 5.91 Å². The summed E-state index contributed by atoms with van der Waals surface area (Å²) < 4.78 is 9.97. The fourth-order valence-corrected chi connectivity index (χ4v) is 2.52. The van der Waals surface area contributed by atoms with E-state index in [0.717, 1.165) is 10.8 Å². The molecule has 2 aromatic rings. The number of hydrogen-bond acceptors (Lipinski definition) is 5. The molecule has 0 fully saturated rings. The maximum atomic E-state index is 12.0. The Bertz CT molecular complexity index is 728. The Labute approximate surface area is 140 Å². The van der Waals surface area contributed by atoms with Gasteiger partial charge in [0.1, 0.15) is 5.75 Å². The molecule has 0 spiro atoms. The first-order chi connectivity index (χ1) is 11.6. The molecule has 6 heteroatoms. The molecule has 2 rings (SSSR count). The summed E-state index contributed by atoms with van der Waals surface area (Å²) in [5.74, 6) is -0.188. The molecule has 1 amide bonds. The number of hydrogen-bond donors (Lipinski definition) is 1. The number of benzene rings is 2. The van der Waals surface area contributed by atoms with Crippen molar-refractivity contribution in [3.8, 4) is 5.75 Å². The maximum Gasteiger partial charge on any atom is 0.305 e. The fraction of sp³-hybridized carbons (Fsp3) is 0.333. The van der Waals surface area contributed by atoms with Crippen molar-refractivity contribution in [2.45, 2.75) is 25.8 Å². The molecule has 0 radical (unpaired) electrons. The molecule has 0 aliphatic carbocycles. The van der Waals surface area contributed by atoms with E-state index in [4.69, 9.17) is 4.74 Å². The third kappa shape index (κ3) is 4.23. The van der Waals surface area contributed by atoms with Gasteiger partial charge >= 0.3 is 5.97 Å². The Balaban J connectivity index is 2.05. The number of amides is 1. The van der Waals surface area contributed by atoms with Crippen molar-refractivity contribution in [3.63, 3.8) is 0 Å². The summed E-state index contributed by atoms with van der Waals surface area (Å²) in [6.45, 7) is 0.0189. The maximum absolute atomic E-state index is 12.0. The van der Waals surface area contributed by atoms with Crippen LogP contribution in [-0.2, 0) is 20.9 Å². The van der Waals surface area contributed by atoms with Gasteiger partial charge in [0, 0.05) is 23.8 Å². The summed E-state index contributed by atoms with van der Waals surface area (Å²) in [5, 5.41) is 12.6. The summed E-state index contributed by atoms with van der Waals surface area (Å²) in [5.41, 5.74) is 0.708. The van der Waals surface area contributed by atoms with Crippen molar-refractivity contribution in [2.24, 2.45) is 0 Å². The third-order valence-electron chi connectivity index (χ3n) is 3.77. The summed E-state index contributed by atoms with van der Waals surface area (Å²) in [7, 11) is 2.86. The van der Waals surface area contributed by atoms with Crippen LogP contribution in [0.25, 0.3) is 10.8 Å². The van der Waals surface area contributed by atoms with Gasteiger partial charge < -0.3 is 9.47 Å². The SMILES string of the molecule is COC(=O)CCCC(=O)N(O)Cc1ccc2ccccc2c1OC. The lowest BCUT2D eigenvalue weighted by molar-refractivity contribution is -0.168. The Hall–Kier alpha value is -2.60. The predicted octanol–water partition coefficient (Wildman–Crippen LogP) is 2.91. The van der Waals surface area contributed by atoms with Crippen molar-refractivity contribution in [2.75, 3.05) is 14.2 Å². The second-order valence-electron chi connectivity index (χ2n) is 5.36. The zero-order valence-corrected chi connectivity index (χ0v) is 13.8. The summed E-state index contributed by atoms with van der Waals surface area (Å²) >= 11 is 0. The number of ether oxygens (including phenoxy) is 2. The van der Waals surface area contributed by atoms with Gasteiger partial charge in [0.15, 0.2) is 0 Å². The van der Waals surface area contributed by atoms with Crippen molar-refractivity contribution < 1.29 is 24.3 Å². The Morgan fingerprint density at radius 3 is 2.54 bits per heavy atom. The molecule has 0 atom stereocenters. The lowest BCUT2D eigenvalue weighted by Gasteiger charge is -2.18. The van der Waals surface area contributed by atoms with Crippen LogP contribution in [0.5, 0.6) is 5.75 Å². The second-order valence-corrected chi connectivity index (χ2v) is 5.36. The number of nitrogens with zero attached hydrogens (tertiary/aromatic N) is 1. The first-order valence-corrected chi connectivity index (χ1v) is 7.67. The second kappa shape index (κ2) is 8.31. The van der Waals surface area contributed by atoms with Crippen LogP contribution in [0.3, 0.4) is 0 Å². The van der Waals surface area contributed by atoms with Crippen LogP contribution in [0.1, 0.15) is 24.8 Å². The third-order valence-corrected chi connectivity index (χ3v) is 3.77. The molecule has 0 bridgehead atoms. The molecule has 0 aromatic heterocycles. The Kier molecular flexibility index (Phi) is 6.14. The molecule has 0 aliphatic rings. The van der Waals surface area contributed by atoms with E-state index in [1.54, 1.807) is 7.11 Å². The molecule has 0 heterocycles. The van der Waals surface area contributed by atoms with E-state index in [0.29, 0.717) is 22.8 Å².